The van der Waals surface area contributed by atoms with Crippen molar-refractivity contribution >= 4 is 0 Å². The highest BCUT2D eigenvalue weighted by Gasteiger charge is 2.19. The van der Waals surface area contributed by atoms with Crippen molar-refractivity contribution in [3.63, 3.8) is 0 Å². The average molecular weight is 186 g/mol. The summed E-state index contributed by atoms with van der Waals surface area (Å²) in [7, 11) is 0. The molecule has 1 saturated carbocycles. The summed E-state index contributed by atoms with van der Waals surface area (Å²) in [6.45, 7) is 3.08. The third-order valence-electron chi connectivity index (χ3n) is 2.70. The molecule has 0 bridgehead atoms. The summed E-state index contributed by atoms with van der Waals surface area (Å²) in [4.78, 5) is 0. The van der Waals surface area contributed by atoms with Crippen LogP contribution in [0.5, 0.6) is 0 Å². The molecular formula is C11H22O2. The standard InChI is InChI=1S/C11H22O2/c1-2-3-4-8-13-11-7-5-6-10(12)9-11/h10-12H,2-9H2,1H3/t10-,11+/m1/s1. The van der Waals surface area contributed by atoms with Crippen LogP contribution in [0.25, 0.3) is 0 Å². The number of hydrogen-bond donors (Lipinski definition) is 1. The van der Waals surface area contributed by atoms with Gasteiger partial charge in [0.1, 0.15) is 0 Å². The van der Waals surface area contributed by atoms with Crippen LogP contribution < -0.4 is 0 Å². The molecule has 0 heterocycles. The second-order valence-corrected chi connectivity index (χ2v) is 4.02. The van der Waals surface area contributed by atoms with Crippen LogP contribution in [0.2, 0.25) is 0 Å². The molecular weight excluding hydrogens is 164 g/mol. The molecule has 2 heteroatoms. The van der Waals surface area contributed by atoms with Gasteiger partial charge in [-0.15, -0.1) is 0 Å². The molecule has 1 aliphatic carbocycles. The summed E-state index contributed by atoms with van der Waals surface area (Å²) >= 11 is 0. The molecule has 2 atom stereocenters. The molecule has 2 nitrogen and oxygen atoms in total. The van der Waals surface area contributed by atoms with Gasteiger partial charge in [-0.3, -0.25) is 0 Å². The van der Waals surface area contributed by atoms with Crippen molar-refractivity contribution < 1.29 is 9.84 Å². The average Bonchev–Trinajstić information content (AvgIpc) is 2.13. The first-order valence-electron chi connectivity index (χ1n) is 5.62. The summed E-state index contributed by atoms with van der Waals surface area (Å²) in [6.07, 6.45) is 7.99. The van der Waals surface area contributed by atoms with Crippen LogP contribution in [0.15, 0.2) is 0 Å². The van der Waals surface area contributed by atoms with Gasteiger partial charge in [0.2, 0.25) is 0 Å². The van der Waals surface area contributed by atoms with Crippen molar-refractivity contribution in [2.75, 3.05) is 6.61 Å². The van der Waals surface area contributed by atoms with E-state index in [0.29, 0.717) is 6.10 Å². The first-order valence-corrected chi connectivity index (χ1v) is 5.62. The predicted octanol–water partition coefficient (Wildman–Crippen LogP) is 2.50. The summed E-state index contributed by atoms with van der Waals surface area (Å²) in [5.41, 5.74) is 0. The molecule has 0 unspecified atom stereocenters. The third-order valence-corrected chi connectivity index (χ3v) is 2.70. The minimum atomic E-state index is -0.107. The van der Waals surface area contributed by atoms with Crippen LogP contribution in [0.4, 0.5) is 0 Å². The highest BCUT2D eigenvalue weighted by molar-refractivity contribution is 4.72. The summed E-state index contributed by atoms with van der Waals surface area (Å²) in [5, 5.41) is 9.40. The van der Waals surface area contributed by atoms with E-state index in [0.717, 1.165) is 32.3 Å². The van der Waals surface area contributed by atoms with Crippen molar-refractivity contribution in [1.82, 2.24) is 0 Å². The Morgan fingerprint density at radius 2 is 2.15 bits per heavy atom. The lowest BCUT2D eigenvalue weighted by atomic mass is 9.95. The molecule has 1 aliphatic rings. The van der Waals surface area contributed by atoms with Gasteiger partial charge in [-0.1, -0.05) is 19.8 Å². The lowest BCUT2D eigenvalue weighted by Crippen LogP contribution is -2.26. The molecule has 0 radical (unpaired) electrons. The fraction of sp³-hybridized carbons (Fsp3) is 1.00. The smallest absolute Gasteiger partial charge is 0.0599 e. The van der Waals surface area contributed by atoms with Crippen molar-refractivity contribution in [2.24, 2.45) is 0 Å². The molecule has 0 aromatic heterocycles. The molecule has 0 spiro atoms. The van der Waals surface area contributed by atoms with Gasteiger partial charge in [0.15, 0.2) is 0 Å². The maximum atomic E-state index is 9.40. The first kappa shape index (κ1) is 11.0. The van der Waals surface area contributed by atoms with E-state index in [1.165, 1.54) is 19.3 Å². The van der Waals surface area contributed by atoms with Crippen LogP contribution in [0.3, 0.4) is 0 Å². The fourth-order valence-electron chi connectivity index (χ4n) is 1.87. The Hall–Kier alpha value is -0.0800. The van der Waals surface area contributed by atoms with E-state index in [1.807, 2.05) is 0 Å². The number of rotatable bonds is 5. The van der Waals surface area contributed by atoms with Crippen LogP contribution >= 0.6 is 0 Å². The van der Waals surface area contributed by atoms with Gasteiger partial charge in [-0.25, -0.2) is 0 Å². The van der Waals surface area contributed by atoms with Crippen LogP contribution in [-0.4, -0.2) is 23.9 Å². The zero-order valence-electron chi connectivity index (χ0n) is 8.67. The minimum absolute atomic E-state index is 0.107. The number of ether oxygens (including phenoxy) is 1. The molecule has 78 valence electrons. The first-order chi connectivity index (χ1) is 6.33. The Morgan fingerprint density at radius 3 is 2.85 bits per heavy atom. The third kappa shape index (κ3) is 4.63. The Labute approximate surface area is 81.3 Å². The molecule has 0 saturated heterocycles. The van der Waals surface area contributed by atoms with Gasteiger partial charge in [0.25, 0.3) is 0 Å². The van der Waals surface area contributed by atoms with E-state index in [2.05, 4.69) is 6.92 Å². The fourth-order valence-corrected chi connectivity index (χ4v) is 1.87. The molecule has 0 amide bonds. The van der Waals surface area contributed by atoms with Gasteiger partial charge in [0.05, 0.1) is 12.2 Å². The highest BCUT2D eigenvalue weighted by atomic mass is 16.5. The number of aliphatic hydroxyl groups is 1. The van der Waals surface area contributed by atoms with Gasteiger partial charge in [-0.05, 0) is 32.1 Å². The van der Waals surface area contributed by atoms with Gasteiger partial charge >= 0.3 is 0 Å². The van der Waals surface area contributed by atoms with Crippen LogP contribution in [0.1, 0.15) is 51.9 Å². The molecule has 0 aromatic carbocycles. The van der Waals surface area contributed by atoms with E-state index < -0.39 is 0 Å². The van der Waals surface area contributed by atoms with Crippen molar-refractivity contribution in [1.29, 1.82) is 0 Å². The Balaban J connectivity index is 2.00. The van der Waals surface area contributed by atoms with Crippen LogP contribution in [-0.2, 0) is 4.74 Å². The summed E-state index contributed by atoms with van der Waals surface area (Å²) < 4.78 is 5.70. The van der Waals surface area contributed by atoms with Crippen molar-refractivity contribution in [3.05, 3.63) is 0 Å². The van der Waals surface area contributed by atoms with Gasteiger partial charge in [-0.2, -0.15) is 0 Å². The second-order valence-electron chi connectivity index (χ2n) is 4.02. The monoisotopic (exact) mass is 186 g/mol. The Bertz CT molecular complexity index is 125. The molecule has 1 fully saturated rings. The Kier molecular flexibility index (Phi) is 5.40. The van der Waals surface area contributed by atoms with Gasteiger partial charge < -0.3 is 9.84 Å². The Morgan fingerprint density at radius 1 is 1.31 bits per heavy atom. The molecule has 1 rings (SSSR count). The lowest BCUT2D eigenvalue weighted by molar-refractivity contribution is -0.0156. The lowest BCUT2D eigenvalue weighted by Gasteiger charge is -2.25. The number of unbranched alkanes of at least 4 members (excludes halogenated alkanes) is 2. The number of aliphatic hydroxyl groups excluding tert-OH is 1. The zero-order chi connectivity index (χ0) is 9.52. The van der Waals surface area contributed by atoms with E-state index in [1.54, 1.807) is 0 Å². The van der Waals surface area contributed by atoms with E-state index in [9.17, 15) is 5.11 Å². The quantitative estimate of drug-likeness (QED) is 0.668. The normalized spacial score (nSPS) is 29.1. The molecule has 13 heavy (non-hydrogen) atoms. The summed E-state index contributed by atoms with van der Waals surface area (Å²) in [5.74, 6) is 0. The SMILES string of the molecule is CCCCCO[C@H]1CCC[C@@H](O)C1. The van der Waals surface area contributed by atoms with E-state index in [4.69, 9.17) is 4.74 Å². The minimum Gasteiger partial charge on any atom is -0.393 e. The van der Waals surface area contributed by atoms with Crippen molar-refractivity contribution in [3.8, 4) is 0 Å². The highest BCUT2D eigenvalue weighted by Crippen LogP contribution is 2.21. The number of hydrogen-bond acceptors (Lipinski definition) is 2. The predicted molar refractivity (Wildman–Crippen MR) is 53.7 cm³/mol. The largest absolute Gasteiger partial charge is 0.393 e. The van der Waals surface area contributed by atoms with Crippen LogP contribution in [0, 0.1) is 0 Å². The topological polar surface area (TPSA) is 29.5 Å². The maximum absolute atomic E-state index is 9.40. The molecule has 1 N–H and O–H groups in total. The molecule has 0 aromatic rings. The maximum Gasteiger partial charge on any atom is 0.0599 e. The van der Waals surface area contributed by atoms with E-state index >= 15 is 0 Å². The second kappa shape index (κ2) is 6.39. The van der Waals surface area contributed by atoms with Crippen molar-refractivity contribution in [2.45, 2.75) is 64.1 Å². The van der Waals surface area contributed by atoms with Gasteiger partial charge in [0, 0.05) is 6.61 Å². The summed E-state index contributed by atoms with van der Waals surface area (Å²) in [6, 6.07) is 0. The molecule has 0 aliphatic heterocycles. The van der Waals surface area contributed by atoms with E-state index in [-0.39, 0.29) is 6.10 Å². The zero-order valence-corrected chi connectivity index (χ0v) is 8.67.